The first kappa shape index (κ1) is 20.0. The number of guanidine groups is 1. The molecule has 0 fully saturated rings. The van der Waals surface area contributed by atoms with Crippen LogP contribution in [0.25, 0.3) is 0 Å². The number of benzene rings is 1. The third-order valence-electron chi connectivity index (χ3n) is 2.75. The average Bonchev–Trinajstić information content (AvgIpc) is 2.47. The number of aliphatic imine (C=N–C) groups is 1. The SMILES string of the molecule is CCCCNC(N)=NCc1ccc(OCCOC)cc1.I. The van der Waals surface area contributed by atoms with Gasteiger partial charge in [0, 0.05) is 13.7 Å². The van der Waals surface area contributed by atoms with E-state index in [4.69, 9.17) is 15.2 Å². The molecule has 0 saturated carbocycles. The number of halogens is 1. The van der Waals surface area contributed by atoms with Crippen LogP contribution in [-0.4, -0.2) is 32.8 Å². The topological polar surface area (TPSA) is 68.9 Å². The number of hydrogen-bond donors (Lipinski definition) is 2. The molecule has 0 aliphatic heterocycles. The van der Waals surface area contributed by atoms with Crippen molar-refractivity contribution in [1.29, 1.82) is 0 Å². The second kappa shape index (κ2) is 12.7. The van der Waals surface area contributed by atoms with E-state index < -0.39 is 0 Å². The lowest BCUT2D eigenvalue weighted by Gasteiger charge is -2.06. The van der Waals surface area contributed by atoms with Crippen molar-refractivity contribution in [3.63, 3.8) is 0 Å². The average molecular weight is 407 g/mol. The van der Waals surface area contributed by atoms with Crippen molar-refractivity contribution in [3.05, 3.63) is 29.8 Å². The highest BCUT2D eigenvalue weighted by molar-refractivity contribution is 14.0. The Morgan fingerprint density at radius 3 is 2.57 bits per heavy atom. The minimum Gasteiger partial charge on any atom is -0.491 e. The van der Waals surface area contributed by atoms with Crippen molar-refractivity contribution < 1.29 is 9.47 Å². The molecule has 120 valence electrons. The van der Waals surface area contributed by atoms with Gasteiger partial charge in [0.1, 0.15) is 12.4 Å². The Morgan fingerprint density at radius 2 is 1.95 bits per heavy atom. The lowest BCUT2D eigenvalue weighted by Crippen LogP contribution is -2.32. The molecule has 0 amide bonds. The Bertz CT molecular complexity index is 396. The van der Waals surface area contributed by atoms with Gasteiger partial charge in [-0.3, -0.25) is 0 Å². The molecule has 0 atom stereocenters. The Morgan fingerprint density at radius 1 is 1.24 bits per heavy atom. The maximum atomic E-state index is 5.77. The molecule has 0 saturated heterocycles. The molecule has 1 aromatic carbocycles. The fraction of sp³-hybridized carbons (Fsp3) is 0.533. The van der Waals surface area contributed by atoms with Gasteiger partial charge in [0.05, 0.1) is 13.2 Å². The summed E-state index contributed by atoms with van der Waals surface area (Å²) in [4.78, 5) is 4.29. The Hall–Kier alpha value is -1.02. The lowest BCUT2D eigenvalue weighted by atomic mass is 10.2. The molecular formula is C15H26IN3O2. The standard InChI is InChI=1S/C15H25N3O2.HI/c1-3-4-9-17-15(16)18-12-13-5-7-14(8-6-13)20-11-10-19-2;/h5-8H,3-4,9-12H2,1-2H3,(H3,16,17,18);1H. The lowest BCUT2D eigenvalue weighted by molar-refractivity contribution is 0.146. The van der Waals surface area contributed by atoms with Crippen LogP contribution < -0.4 is 15.8 Å². The highest BCUT2D eigenvalue weighted by Crippen LogP contribution is 2.12. The Kier molecular flexibility index (Phi) is 12.1. The molecule has 3 N–H and O–H groups in total. The third-order valence-corrected chi connectivity index (χ3v) is 2.75. The Labute approximate surface area is 144 Å². The zero-order valence-electron chi connectivity index (χ0n) is 12.8. The molecule has 21 heavy (non-hydrogen) atoms. The van der Waals surface area contributed by atoms with Gasteiger partial charge in [0.15, 0.2) is 5.96 Å². The van der Waals surface area contributed by atoms with E-state index in [1.807, 2.05) is 24.3 Å². The summed E-state index contributed by atoms with van der Waals surface area (Å²) >= 11 is 0. The minimum absolute atomic E-state index is 0. The summed E-state index contributed by atoms with van der Waals surface area (Å²) in [6.07, 6.45) is 2.24. The van der Waals surface area contributed by atoms with Gasteiger partial charge < -0.3 is 20.5 Å². The number of unbranched alkanes of at least 4 members (excludes halogenated alkanes) is 1. The van der Waals surface area contributed by atoms with E-state index in [0.717, 1.165) is 30.7 Å². The molecule has 0 aromatic heterocycles. The Balaban J connectivity index is 0.00000400. The number of nitrogens with zero attached hydrogens (tertiary/aromatic N) is 1. The van der Waals surface area contributed by atoms with Crippen LogP contribution in [0.1, 0.15) is 25.3 Å². The van der Waals surface area contributed by atoms with Gasteiger partial charge in [-0.25, -0.2) is 4.99 Å². The van der Waals surface area contributed by atoms with E-state index >= 15 is 0 Å². The maximum absolute atomic E-state index is 5.77. The summed E-state index contributed by atoms with van der Waals surface area (Å²) in [5, 5.41) is 3.09. The molecule has 6 heteroatoms. The van der Waals surface area contributed by atoms with Gasteiger partial charge in [0.25, 0.3) is 0 Å². The van der Waals surface area contributed by atoms with Gasteiger partial charge in [-0.1, -0.05) is 25.5 Å². The van der Waals surface area contributed by atoms with Crippen LogP contribution in [0.5, 0.6) is 5.75 Å². The predicted molar refractivity (Wildman–Crippen MR) is 97.5 cm³/mol. The second-order valence-corrected chi connectivity index (χ2v) is 4.47. The molecule has 0 spiro atoms. The summed E-state index contributed by atoms with van der Waals surface area (Å²) in [6, 6.07) is 7.85. The van der Waals surface area contributed by atoms with Crippen molar-refractivity contribution in [2.45, 2.75) is 26.3 Å². The van der Waals surface area contributed by atoms with Gasteiger partial charge in [0.2, 0.25) is 0 Å². The number of nitrogens with one attached hydrogen (secondary N) is 1. The van der Waals surface area contributed by atoms with Crippen LogP contribution in [-0.2, 0) is 11.3 Å². The zero-order chi connectivity index (χ0) is 14.6. The number of rotatable bonds is 9. The summed E-state index contributed by atoms with van der Waals surface area (Å²) in [5.41, 5.74) is 6.87. The van der Waals surface area contributed by atoms with E-state index in [1.165, 1.54) is 0 Å². The van der Waals surface area contributed by atoms with Gasteiger partial charge in [-0.15, -0.1) is 24.0 Å². The monoisotopic (exact) mass is 407 g/mol. The fourth-order valence-corrected chi connectivity index (χ4v) is 1.56. The maximum Gasteiger partial charge on any atom is 0.188 e. The van der Waals surface area contributed by atoms with Gasteiger partial charge in [-0.2, -0.15) is 0 Å². The molecule has 0 radical (unpaired) electrons. The molecule has 0 aliphatic rings. The summed E-state index contributed by atoms with van der Waals surface area (Å²) in [6.45, 7) is 4.74. The van der Waals surface area contributed by atoms with Crippen molar-refractivity contribution >= 4 is 29.9 Å². The third kappa shape index (κ3) is 9.52. The smallest absolute Gasteiger partial charge is 0.188 e. The van der Waals surface area contributed by atoms with Crippen molar-refractivity contribution in [2.75, 3.05) is 26.9 Å². The number of ether oxygens (including phenoxy) is 2. The molecule has 1 rings (SSSR count). The zero-order valence-corrected chi connectivity index (χ0v) is 15.1. The highest BCUT2D eigenvalue weighted by Gasteiger charge is 1.96. The molecule has 0 aliphatic carbocycles. The normalized spacial score (nSPS) is 10.9. The quantitative estimate of drug-likeness (QED) is 0.286. The van der Waals surface area contributed by atoms with E-state index in [9.17, 15) is 0 Å². The number of nitrogens with two attached hydrogens (primary N) is 1. The molecule has 1 aromatic rings. The molecule has 0 unspecified atom stereocenters. The van der Waals surface area contributed by atoms with Crippen molar-refractivity contribution in [1.82, 2.24) is 5.32 Å². The first-order valence-corrected chi connectivity index (χ1v) is 7.00. The molecular weight excluding hydrogens is 381 g/mol. The van der Waals surface area contributed by atoms with E-state index in [1.54, 1.807) is 7.11 Å². The first-order valence-electron chi connectivity index (χ1n) is 7.00. The molecule has 0 heterocycles. The van der Waals surface area contributed by atoms with Crippen LogP contribution >= 0.6 is 24.0 Å². The van der Waals surface area contributed by atoms with Crippen molar-refractivity contribution in [3.8, 4) is 5.75 Å². The van der Waals surface area contributed by atoms with E-state index in [2.05, 4.69) is 17.2 Å². The summed E-state index contributed by atoms with van der Waals surface area (Å²) in [5.74, 6) is 1.34. The second-order valence-electron chi connectivity index (χ2n) is 4.47. The summed E-state index contributed by atoms with van der Waals surface area (Å²) in [7, 11) is 1.66. The van der Waals surface area contributed by atoms with Crippen LogP contribution in [0.2, 0.25) is 0 Å². The largest absolute Gasteiger partial charge is 0.491 e. The highest BCUT2D eigenvalue weighted by atomic mass is 127. The van der Waals surface area contributed by atoms with Crippen LogP contribution in [0.15, 0.2) is 29.3 Å². The van der Waals surface area contributed by atoms with Gasteiger partial charge >= 0.3 is 0 Å². The fourth-order valence-electron chi connectivity index (χ4n) is 1.56. The van der Waals surface area contributed by atoms with Crippen molar-refractivity contribution in [2.24, 2.45) is 10.7 Å². The van der Waals surface area contributed by atoms with Gasteiger partial charge in [-0.05, 0) is 24.1 Å². The predicted octanol–water partition coefficient (Wildman–Crippen LogP) is 2.53. The van der Waals surface area contributed by atoms with Crippen LogP contribution in [0.4, 0.5) is 0 Å². The van der Waals surface area contributed by atoms with E-state index in [-0.39, 0.29) is 24.0 Å². The minimum atomic E-state index is 0. The first-order chi connectivity index (χ1) is 9.76. The molecule has 0 bridgehead atoms. The van der Waals surface area contributed by atoms with Crippen LogP contribution in [0.3, 0.4) is 0 Å². The van der Waals surface area contributed by atoms with Crippen LogP contribution in [0, 0.1) is 0 Å². The number of methoxy groups -OCH3 is 1. The molecule has 5 nitrogen and oxygen atoms in total. The number of hydrogen-bond acceptors (Lipinski definition) is 3. The summed E-state index contributed by atoms with van der Waals surface area (Å²) < 4.78 is 10.4. The van der Waals surface area contributed by atoms with E-state index in [0.29, 0.717) is 25.7 Å².